The SMILES string of the molecule is CCc1nc2c(c(-c3ccc(Cl)cc3)n1)CN(Cc1ccc(C(F)(F)F)cc1)CC2. The summed E-state index contributed by atoms with van der Waals surface area (Å²) >= 11 is 6.04. The number of aromatic nitrogens is 2. The van der Waals surface area contributed by atoms with Gasteiger partial charge in [0.15, 0.2) is 0 Å². The van der Waals surface area contributed by atoms with Crippen LogP contribution in [0.2, 0.25) is 5.02 Å². The first-order chi connectivity index (χ1) is 14.3. The van der Waals surface area contributed by atoms with Crippen molar-refractivity contribution in [1.82, 2.24) is 14.9 Å². The summed E-state index contributed by atoms with van der Waals surface area (Å²) in [7, 11) is 0. The fourth-order valence-electron chi connectivity index (χ4n) is 3.72. The lowest BCUT2D eigenvalue weighted by molar-refractivity contribution is -0.137. The monoisotopic (exact) mass is 431 g/mol. The number of rotatable bonds is 4. The van der Waals surface area contributed by atoms with E-state index in [1.165, 1.54) is 0 Å². The molecule has 1 aliphatic rings. The lowest BCUT2D eigenvalue weighted by Gasteiger charge is -2.30. The maximum absolute atomic E-state index is 12.8. The molecule has 30 heavy (non-hydrogen) atoms. The molecule has 2 aromatic carbocycles. The first-order valence-electron chi connectivity index (χ1n) is 9.86. The van der Waals surface area contributed by atoms with Crippen molar-refractivity contribution in [3.63, 3.8) is 0 Å². The van der Waals surface area contributed by atoms with Crippen LogP contribution in [0.15, 0.2) is 48.5 Å². The van der Waals surface area contributed by atoms with Crippen LogP contribution in [-0.4, -0.2) is 21.4 Å². The minimum Gasteiger partial charge on any atom is -0.294 e. The van der Waals surface area contributed by atoms with E-state index in [1.807, 2.05) is 31.2 Å². The van der Waals surface area contributed by atoms with Crippen LogP contribution in [0.3, 0.4) is 0 Å². The number of alkyl halides is 3. The Hall–Kier alpha value is -2.44. The summed E-state index contributed by atoms with van der Waals surface area (Å²) in [5.41, 5.74) is 4.25. The fourth-order valence-corrected chi connectivity index (χ4v) is 3.84. The summed E-state index contributed by atoms with van der Waals surface area (Å²) in [5, 5.41) is 0.668. The van der Waals surface area contributed by atoms with E-state index >= 15 is 0 Å². The zero-order chi connectivity index (χ0) is 21.3. The Morgan fingerprint density at radius 3 is 2.33 bits per heavy atom. The van der Waals surface area contributed by atoms with Gasteiger partial charge in [-0.05, 0) is 29.8 Å². The molecule has 1 aliphatic heterocycles. The molecular formula is C23H21ClF3N3. The molecule has 0 saturated heterocycles. The highest BCUT2D eigenvalue weighted by Gasteiger charge is 2.30. The van der Waals surface area contributed by atoms with Gasteiger partial charge in [-0.1, -0.05) is 42.8 Å². The summed E-state index contributed by atoms with van der Waals surface area (Å²) in [4.78, 5) is 11.7. The third kappa shape index (κ3) is 4.50. The molecule has 0 fully saturated rings. The van der Waals surface area contributed by atoms with Crippen molar-refractivity contribution in [1.29, 1.82) is 0 Å². The molecule has 0 aliphatic carbocycles. The molecule has 2 heterocycles. The van der Waals surface area contributed by atoms with Crippen molar-refractivity contribution < 1.29 is 13.2 Å². The zero-order valence-electron chi connectivity index (χ0n) is 16.5. The van der Waals surface area contributed by atoms with Gasteiger partial charge in [0.05, 0.1) is 17.0 Å². The minimum atomic E-state index is -4.32. The Bertz CT molecular complexity index is 1030. The molecule has 0 N–H and O–H groups in total. The van der Waals surface area contributed by atoms with Gasteiger partial charge in [-0.3, -0.25) is 4.90 Å². The van der Waals surface area contributed by atoms with Crippen molar-refractivity contribution >= 4 is 11.6 Å². The number of halogens is 4. The van der Waals surface area contributed by atoms with Crippen LogP contribution in [0.4, 0.5) is 13.2 Å². The highest BCUT2D eigenvalue weighted by molar-refractivity contribution is 6.30. The molecule has 0 spiro atoms. The molecule has 4 rings (SSSR count). The minimum absolute atomic E-state index is 0.577. The third-order valence-corrected chi connectivity index (χ3v) is 5.56. The van der Waals surface area contributed by atoms with Gasteiger partial charge >= 0.3 is 6.18 Å². The predicted octanol–water partition coefficient (Wildman–Crippen LogP) is 5.94. The van der Waals surface area contributed by atoms with Gasteiger partial charge in [-0.2, -0.15) is 13.2 Å². The second-order valence-electron chi connectivity index (χ2n) is 7.43. The van der Waals surface area contributed by atoms with Gasteiger partial charge in [0.1, 0.15) is 5.82 Å². The second kappa shape index (κ2) is 8.36. The number of hydrogen-bond donors (Lipinski definition) is 0. The maximum Gasteiger partial charge on any atom is 0.416 e. The molecule has 3 nitrogen and oxygen atoms in total. The van der Waals surface area contributed by atoms with Crippen LogP contribution in [0.5, 0.6) is 0 Å². The van der Waals surface area contributed by atoms with Crippen LogP contribution >= 0.6 is 11.6 Å². The summed E-state index contributed by atoms with van der Waals surface area (Å²) in [6.45, 7) is 4.06. The maximum atomic E-state index is 12.8. The van der Waals surface area contributed by atoms with Crippen molar-refractivity contribution in [2.75, 3.05) is 6.54 Å². The molecular weight excluding hydrogens is 411 g/mol. The fraction of sp³-hybridized carbons (Fsp3) is 0.304. The molecule has 0 radical (unpaired) electrons. The summed E-state index contributed by atoms with van der Waals surface area (Å²) in [5.74, 6) is 0.815. The number of fused-ring (bicyclic) bond motifs is 1. The van der Waals surface area contributed by atoms with Gasteiger partial charge in [-0.15, -0.1) is 0 Å². The van der Waals surface area contributed by atoms with Crippen molar-refractivity contribution in [2.45, 2.75) is 39.0 Å². The second-order valence-corrected chi connectivity index (χ2v) is 7.87. The van der Waals surface area contributed by atoms with Crippen LogP contribution in [0.25, 0.3) is 11.3 Å². The van der Waals surface area contributed by atoms with Gasteiger partial charge in [0.25, 0.3) is 0 Å². The molecule has 0 saturated carbocycles. The van der Waals surface area contributed by atoms with Crippen LogP contribution in [-0.2, 0) is 32.1 Å². The Morgan fingerprint density at radius 2 is 1.70 bits per heavy atom. The van der Waals surface area contributed by atoms with E-state index in [0.29, 0.717) is 18.1 Å². The van der Waals surface area contributed by atoms with E-state index in [9.17, 15) is 13.2 Å². The first kappa shape index (κ1) is 20.8. The summed E-state index contributed by atoms with van der Waals surface area (Å²) in [6.07, 6.45) is -2.78. The molecule has 0 atom stereocenters. The number of aryl methyl sites for hydroxylation is 1. The predicted molar refractivity (Wildman–Crippen MR) is 111 cm³/mol. The van der Waals surface area contributed by atoms with Crippen LogP contribution < -0.4 is 0 Å². The number of hydrogen-bond acceptors (Lipinski definition) is 3. The largest absolute Gasteiger partial charge is 0.416 e. The first-order valence-corrected chi connectivity index (χ1v) is 10.2. The average molecular weight is 432 g/mol. The molecule has 7 heteroatoms. The third-order valence-electron chi connectivity index (χ3n) is 5.31. The molecule has 1 aromatic heterocycles. The lowest BCUT2D eigenvalue weighted by atomic mass is 9.98. The van der Waals surface area contributed by atoms with Crippen molar-refractivity contribution in [3.8, 4) is 11.3 Å². The van der Waals surface area contributed by atoms with Gasteiger partial charge in [0, 0.05) is 48.6 Å². The molecule has 0 amide bonds. The van der Waals surface area contributed by atoms with E-state index in [1.54, 1.807) is 12.1 Å². The van der Waals surface area contributed by atoms with E-state index in [2.05, 4.69) is 4.90 Å². The van der Waals surface area contributed by atoms with E-state index in [0.717, 1.165) is 65.4 Å². The van der Waals surface area contributed by atoms with Gasteiger partial charge < -0.3 is 0 Å². The molecule has 0 bridgehead atoms. The average Bonchev–Trinajstić information content (AvgIpc) is 2.73. The molecule has 156 valence electrons. The van der Waals surface area contributed by atoms with Crippen molar-refractivity contribution in [2.24, 2.45) is 0 Å². The summed E-state index contributed by atoms with van der Waals surface area (Å²) < 4.78 is 38.4. The van der Waals surface area contributed by atoms with Crippen LogP contribution in [0.1, 0.15) is 35.1 Å². The Kier molecular flexibility index (Phi) is 5.80. The highest BCUT2D eigenvalue weighted by atomic mass is 35.5. The summed E-state index contributed by atoms with van der Waals surface area (Å²) in [6, 6.07) is 13.0. The smallest absolute Gasteiger partial charge is 0.294 e. The van der Waals surface area contributed by atoms with Crippen LogP contribution in [0, 0.1) is 0 Å². The topological polar surface area (TPSA) is 29.0 Å². The van der Waals surface area contributed by atoms with Gasteiger partial charge in [-0.25, -0.2) is 9.97 Å². The van der Waals surface area contributed by atoms with Crippen molar-refractivity contribution in [3.05, 3.63) is 81.8 Å². The Morgan fingerprint density at radius 1 is 1.00 bits per heavy atom. The molecule has 0 unspecified atom stereocenters. The van der Waals surface area contributed by atoms with Gasteiger partial charge in [0.2, 0.25) is 0 Å². The standard InChI is InChI=1S/C23H21ClF3N3/c1-2-21-28-20-11-12-30(13-15-3-7-17(8-4-15)23(25,26)27)14-19(20)22(29-21)16-5-9-18(24)10-6-16/h3-10H,2,11-14H2,1H3. The van der Waals surface area contributed by atoms with E-state index in [-0.39, 0.29) is 0 Å². The molecule has 3 aromatic rings. The number of benzene rings is 2. The highest BCUT2D eigenvalue weighted by Crippen LogP contribution is 2.31. The Labute approximate surface area is 178 Å². The zero-order valence-corrected chi connectivity index (χ0v) is 17.3. The number of nitrogens with zero attached hydrogens (tertiary/aromatic N) is 3. The van der Waals surface area contributed by atoms with E-state index in [4.69, 9.17) is 21.6 Å². The quantitative estimate of drug-likeness (QED) is 0.512. The van der Waals surface area contributed by atoms with E-state index < -0.39 is 11.7 Å². The Balaban J connectivity index is 1.60. The lowest BCUT2D eigenvalue weighted by Crippen LogP contribution is -2.31. The normalized spacial score (nSPS) is 14.6.